The molecule has 0 bridgehead atoms. The molecule has 1 unspecified atom stereocenters. The van der Waals surface area contributed by atoms with E-state index in [0.717, 1.165) is 11.5 Å². The highest BCUT2D eigenvalue weighted by Gasteiger charge is 2.08. The fraction of sp³-hybridized carbons (Fsp3) is 0.438. The summed E-state index contributed by atoms with van der Waals surface area (Å²) in [6, 6.07) is 4.45. The number of aliphatic hydroxyl groups excluding tert-OH is 1. The van der Waals surface area contributed by atoms with Gasteiger partial charge < -0.3 is 9.67 Å². The van der Waals surface area contributed by atoms with Crippen LogP contribution < -0.4 is 0 Å². The van der Waals surface area contributed by atoms with E-state index in [-0.39, 0.29) is 6.10 Å². The van der Waals surface area contributed by atoms with Gasteiger partial charge >= 0.3 is 0 Å². The Kier molecular flexibility index (Phi) is 5.26. The van der Waals surface area contributed by atoms with Crippen molar-refractivity contribution in [1.82, 2.24) is 9.55 Å². The average Bonchev–Trinajstić information content (AvgIpc) is 2.85. The molecule has 4 heteroatoms. The van der Waals surface area contributed by atoms with Gasteiger partial charge in [-0.05, 0) is 37.5 Å². The minimum atomic E-state index is -0.333. The predicted molar refractivity (Wildman–Crippen MR) is 85.0 cm³/mol. The van der Waals surface area contributed by atoms with Crippen molar-refractivity contribution in [1.29, 1.82) is 0 Å². The van der Waals surface area contributed by atoms with Gasteiger partial charge in [0.05, 0.1) is 19.0 Å². The van der Waals surface area contributed by atoms with Crippen molar-refractivity contribution >= 4 is 11.8 Å². The normalized spacial score (nSPS) is 12.6. The number of nitrogens with zero attached hydrogens (tertiary/aromatic N) is 2. The Morgan fingerprint density at radius 2 is 1.95 bits per heavy atom. The third kappa shape index (κ3) is 4.12. The highest BCUT2D eigenvalue weighted by atomic mass is 32.2. The summed E-state index contributed by atoms with van der Waals surface area (Å²) in [5, 5.41) is 10.0. The molecule has 0 saturated carbocycles. The molecule has 0 aliphatic heterocycles. The first-order chi connectivity index (χ1) is 9.56. The molecule has 3 nitrogen and oxygen atoms in total. The fourth-order valence-corrected chi connectivity index (χ4v) is 3.58. The molecule has 0 radical (unpaired) electrons. The van der Waals surface area contributed by atoms with E-state index in [4.69, 9.17) is 0 Å². The van der Waals surface area contributed by atoms with E-state index in [1.165, 1.54) is 22.3 Å². The predicted octanol–water partition coefficient (Wildman–Crippen LogP) is 3.10. The van der Waals surface area contributed by atoms with Gasteiger partial charge in [0.25, 0.3) is 0 Å². The summed E-state index contributed by atoms with van der Waals surface area (Å²) in [5.41, 5.74) is 5.41. The lowest BCUT2D eigenvalue weighted by Crippen LogP contribution is -2.17. The van der Waals surface area contributed by atoms with Crippen molar-refractivity contribution in [3.05, 3.63) is 53.1 Å². The van der Waals surface area contributed by atoms with Gasteiger partial charge in [-0.15, -0.1) is 0 Å². The number of imidazole rings is 1. The molecule has 1 N–H and O–H groups in total. The van der Waals surface area contributed by atoms with E-state index < -0.39 is 0 Å². The molecular weight excluding hydrogens is 268 g/mol. The Bertz CT molecular complexity index is 529. The molecule has 1 heterocycles. The molecule has 2 rings (SSSR count). The highest BCUT2D eigenvalue weighted by molar-refractivity contribution is 7.98. The van der Waals surface area contributed by atoms with Crippen LogP contribution in [0.4, 0.5) is 0 Å². The van der Waals surface area contributed by atoms with Gasteiger partial charge in [0.1, 0.15) is 0 Å². The molecule has 1 atom stereocenters. The molecule has 0 aliphatic rings. The molecule has 0 amide bonds. The maximum absolute atomic E-state index is 10.0. The van der Waals surface area contributed by atoms with Gasteiger partial charge in [-0.1, -0.05) is 17.7 Å². The summed E-state index contributed by atoms with van der Waals surface area (Å²) in [4.78, 5) is 3.98. The van der Waals surface area contributed by atoms with Crippen LogP contribution in [-0.2, 0) is 12.3 Å². The Labute approximate surface area is 125 Å². The Balaban J connectivity index is 1.84. The van der Waals surface area contributed by atoms with Crippen molar-refractivity contribution in [2.45, 2.75) is 39.2 Å². The number of aryl methyl sites for hydroxylation is 3. The van der Waals surface area contributed by atoms with Gasteiger partial charge in [0, 0.05) is 23.9 Å². The zero-order valence-corrected chi connectivity index (χ0v) is 13.2. The lowest BCUT2D eigenvalue weighted by Gasteiger charge is -2.14. The van der Waals surface area contributed by atoms with Crippen molar-refractivity contribution in [3.8, 4) is 0 Å². The summed E-state index contributed by atoms with van der Waals surface area (Å²) in [6.07, 6.45) is 5.02. The monoisotopic (exact) mass is 290 g/mol. The Hall–Kier alpha value is -1.26. The van der Waals surface area contributed by atoms with Crippen LogP contribution in [0, 0.1) is 20.8 Å². The number of hydrogen-bond acceptors (Lipinski definition) is 3. The van der Waals surface area contributed by atoms with Crippen LogP contribution in [0.3, 0.4) is 0 Å². The highest BCUT2D eigenvalue weighted by Crippen LogP contribution is 2.22. The van der Waals surface area contributed by atoms with Crippen LogP contribution in [0.1, 0.15) is 22.3 Å². The van der Waals surface area contributed by atoms with Gasteiger partial charge in [-0.2, -0.15) is 11.8 Å². The first-order valence-electron chi connectivity index (χ1n) is 6.84. The van der Waals surface area contributed by atoms with Crippen LogP contribution in [0.25, 0.3) is 0 Å². The second-order valence-electron chi connectivity index (χ2n) is 5.31. The molecule has 20 heavy (non-hydrogen) atoms. The molecule has 0 aliphatic carbocycles. The van der Waals surface area contributed by atoms with Gasteiger partial charge in [0.15, 0.2) is 0 Å². The van der Waals surface area contributed by atoms with E-state index >= 15 is 0 Å². The first-order valence-corrected chi connectivity index (χ1v) is 8.00. The van der Waals surface area contributed by atoms with Gasteiger partial charge in [0.2, 0.25) is 0 Å². The molecule has 0 fully saturated rings. The summed E-state index contributed by atoms with van der Waals surface area (Å²) < 4.78 is 1.91. The number of aromatic nitrogens is 2. The smallest absolute Gasteiger partial charge is 0.0946 e. The summed E-state index contributed by atoms with van der Waals surface area (Å²) in [7, 11) is 0. The summed E-state index contributed by atoms with van der Waals surface area (Å²) in [5.74, 6) is 1.70. The third-order valence-corrected chi connectivity index (χ3v) is 4.49. The third-order valence-electron chi connectivity index (χ3n) is 3.38. The fourth-order valence-electron chi connectivity index (χ4n) is 2.43. The second kappa shape index (κ2) is 6.95. The lowest BCUT2D eigenvalue weighted by molar-refractivity contribution is 0.178. The second-order valence-corrected chi connectivity index (χ2v) is 6.34. The molecule has 2 aromatic rings. The molecule has 108 valence electrons. The van der Waals surface area contributed by atoms with Crippen molar-refractivity contribution in [2.24, 2.45) is 0 Å². The van der Waals surface area contributed by atoms with Crippen molar-refractivity contribution in [2.75, 3.05) is 5.75 Å². The van der Waals surface area contributed by atoms with E-state index in [9.17, 15) is 5.11 Å². The zero-order valence-electron chi connectivity index (χ0n) is 12.3. The Morgan fingerprint density at radius 1 is 1.25 bits per heavy atom. The van der Waals surface area contributed by atoms with E-state index in [0.29, 0.717) is 6.54 Å². The SMILES string of the molecule is Cc1cc(C)c(CSCC(O)Cn2ccnc2)c(C)c1. The minimum absolute atomic E-state index is 0.333. The quantitative estimate of drug-likeness (QED) is 0.888. The largest absolute Gasteiger partial charge is 0.390 e. The average molecular weight is 290 g/mol. The summed E-state index contributed by atoms with van der Waals surface area (Å²) in [6.45, 7) is 7.07. The van der Waals surface area contributed by atoms with Crippen molar-refractivity contribution < 1.29 is 5.11 Å². The standard InChI is InChI=1S/C16H22N2OS/c1-12-6-13(2)16(14(3)7-12)10-20-9-15(19)8-18-5-4-17-11-18/h4-7,11,15,19H,8-10H2,1-3H3. The first kappa shape index (κ1) is 15.1. The molecule has 0 saturated heterocycles. The number of thioether (sulfide) groups is 1. The molecule has 1 aromatic carbocycles. The number of hydrogen-bond donors (Lipinski definition) is 1. The number of aliphatic hydroxyl groups is 1. The van der Waals surface area contributed by atoms with Gasteiger partial charge in [-0.25, -0.2) is 4.98 Å². The Morgan fingerprint density at radius 3 is 2.55 bits per heavy atom. The number of rotatable bonds is 6. The minimum Gasteiger partial charge on any atom is -0.390 e. The molecule has 0 spiro atoms. The van der Waals surface area contributed by atoms with Crippen LogP contribution in [0.15, 0.2) is 30.9 Å². The molecule has 1 aromatic heterocycles. The van der Waals surface area contributed by atoms with E-state index in [1.807, 2.05) is 10.8 Å². The van der Waals surface area contributed by atoms with Gasteiger partial charge in [-0.3, -0.25) is 0 Å². The molecular formula is C16H22N2OS. The van der Waals surface area contributed by atoms with Crippen molar-refractivity contribution in [3.63, 3.8) is 0 Å². The summed E-state index contributed by atoms with van der Waals surface area (Å²) >= 11 is 1.79. The maximum Gasteiger partial charge on any atom is 0.0946 e. The van der Waals surface area contributed by atoms with E-state index in [1.54, 1.807) is 24.3 Å². The lowest BCUT2D eigenvalue weighted by atomic mass is 10.0. The van der Waals surface area contributed by atoms with Crippen LogP contribution >= 0.6 is 11.8 Å². The van der Waals surface area contributed by atoms with Crippen LogP contribution in [-0.4, -0.2) is 26.5 Å². The maximum atomic E-state index is 10.0. The number of benzene rings is 1. The van der Waals surface area contributed by atoms with Crippen LogP contribution in [0.5, 0.6) is 0 Å². The van der Waals surface area contributed by atoms with E-state index in [2.05, 4.69) is 37.9 Å². The topological polar surface area (TPSA) is 38.0 Å². The van der Waals surface area contributed by atoms with Crippen LogP contribution in [0.2, 0.25) is 0 Å². The zero-order chi connectivity index (χ0) is 14.5.